The molecule has 102 valence electrons. The molecule has 0 amide bonds. The summed E-state index contributed by atoms with van der Waals surface area (Å²) >= 11 is 3.23. The number of hydrogen-bond donors (Lipinski definition) is 1. The van der Waals surface area contributed by atoms with Crippen molar-refractivity contribution in [2.24, 2.45) is 0 Å². The molecule has 0 aromatic heterocycles. The second-order valence-corrected chi connectivity index (χ2v) is 4.83. The number of nitrogens with zero attached hydrogens (tertiary/aromatic N) is 1. The first kappa shape index (κ1) is 14.4. The number of benzene rings is 2. The first-order valence-corrected chi connectivity index (χ1v) is 6.34. The summed E-state index contributed by atoms with van der Waals surface area (Å²) in [4.78, 5) is 0. The molecule has 0 bridgehead atoms. The predicted octanol–water partition coefficient (Wildman–Crippen LogP) is 5.08. The molecule has 0 saturated carbocycles. The Kier molecular flexibility index (Phi) is 4.00. The lowest BCUT2D eigenvalue weighted by Crippen LogP contribution is -2.08. The van der Waals surface area contributed by atoms with E-state index in [-0.39, 0.29) is 5.69 Å². The van der Waals surface area contributed by atoms with Gasteiger partial charge in [0.1, 0.15) is 0 Å². The summed E-state index contributed by atoms with van der Waals surface area (Å²) < 4.78 is 39.1. The third-order valence-corrected chi connectivity index (χ3v) is 3.26. The van der Waals surface area contributed by atoms with E-state index in [4.69, 9.17) is 5.26 Å². The topological polar surface area (TPSA) is 35.8 Å². The molecule has 2 aromatic carbocycles. The Morgan fingerprint density at radius 3 is 2.35 bits per heavy atom. The van der Waals surface area contributed by atoms with Crippen molar-refractivity contribution in [1.82, 2.24) is 0 Å². The van der Waals surface area contributed by atoms with Gasteiger partial charge in [-0.25, -0.2) is 0 Å². The van der Waals surface area contributed by atoms with Crippen LogP contribution in [0.4, 0.5) is 24.5 Å². The molecule has 0 aliphatic heterocycles. The number of nitrogens with one attached hydrogen (secondary N) is 1. The third kappa shape index (κ3) is 3.11. The predicted molar refractivity (Wildman–Crippen MR) is 73.6 cm³/mol. The van der Waals surface area contributed by atoms with Crippen molar-refractivity contribution in [3.63, 3.8) is 0 Å². The van der Waals surface area contributed by atoms with Crippen LogP contribution in [0, 0.1) is 11.3 Å². The maximum atomic E-state index is 12.9. The van der Waals surface area contributed by atoms with Crippen LogP contribution in [0.3, 0.4) is 0 Å². The summed E-state index contributed by atoms with van der Waals surface area (Å²) in [6.07, 6.45) is -4.43. The van der Waals surface area contributed by atoms with Gasteiger partial charge < -0.3 is 5.32 Å². The molecule has 0 heterocycles. The van der Waals surface area contributed by atoms with Crippen molar-refractivity contribution in [3.8, 4) is 6.07 Å². The minimum absolute atomic E-state index is 0.0367. The van der Waals surface area contributed by atoms with E-state index in [9.17, 15) is 13.2 Å². The van der Waals surface area contributed by atoms with Crippen molar-refractivity contribution in [2.75, 3.05) is 5.32 Å². The van der Waals surface area contributed by atoms with Gasteiger partial charge in [-0.1, -0.05) is 12.1 Å². The fourth-order valence-electron chi connectivity index (χ4n) is 1.67. The monoisotopic (exact) mass is 340 g/mol. The van der Waals surface area contributed by atoms with Gasteiger partial charge in [0, 0.05) is 4.47 Å². The van der Waals surface area contributed by atoms with Crippen LogP contribution in [0.5, 0.6) is 0 Å². The molecule has 0 atom stereocenters. The van der Waals surface area contributed by atoms with Gasteiger partial charge in [-0.2, -0.15) is 18.4 Å². The Balaban J connectivity index is 2.39. The maximum Gasteiger partial charge on any atom is 0.418 e. The van der Waals surface area contributed by atoms with Gasteiger partial charge in [0.15, 0.2) is 0 Å². The van der Waals surface area contributed by atoms with Crippen molar-refractivity contribution in [2.45, 2.75) is 6.18 Å². The second kappa shape index (κ2) is 5.55. The van der Waals surface area contributed by atoms with E-state index < -0.39 is 11.7 Å². The number of halogens is 4. The molecular weight excluding hydrogens is 333 g/mol. The van der Waals surface area contributed by atoms with E-state index in [1.165, 1.54) is 24.3 Å². The maximum absolute atomic E-state index is 12.9. The van der Waals surface area contributed by atoms with Crippen LogP contribution in [0.15, 0.2) is 46.9 Å². The fourth-order valence-corrected chi connectivity index (χ4v) is 2.15. The van der Waals surface area contributed by atoms with E-state index in [2.05, 4.69) is 21.2 Å². The highest BCUT2D eigenvalue weighted by molar-refractivity contribution is 9.10. The van der Waals surface area contributed by atoms with E-state index in [1.54, 1.807) is 12.1 Å². The lowest BCUT2D eigenvalue weighted by molar-refractivity contribution is -0.136. The Morgan fingerprint density at radius 2 is 1.75 bits per heavy atom. The molecular formula is C14H8BrF3N2. The fraction of sp³-hybridized carbons (Fsp3) is 0.0714. The molecule has 0 fully saturated rings. The number of nitriles is 1. The van der Waals surface area contributed by atoms with E-state index in [0.29, 0.717) is 15.7 Å². The smallest absolute Gasteiger partial charge is 0.354 e. The minimum atomic E-state index is -4.43. The zero-order valence-corrected chi connectivity index (χ0v) is 11.6. The highest BCUT2D eigenvalue weighted by atomic mass is 79.9. The molecule has 0 aliphatic rings. The minimum Gasteiger partial charge on any atom is -0.354 e. The molecule has 0 spiro atoms. The van der Waals surface area contributed by atoms with Crippen LogP contribution >= 0.6 is 15.9 Å². The van der Waals surface area contributed by atoms with E-state index in [1.807, 2.05) is 6.07 Å². The van der Waals surface area contributed by atoms with Gasteiger partial charge in [0.25, 0.3) is 0 Å². The number of anilines is 2. The summed E-state index contributed by atoms with van der Waals surface area (Å²) in [5.74, 6) is 0. The van der Waals surface area contributed by atoms with Gasteiger partial charge in [0.05, 0.1) is 28.6 Å². The van der Waals surface area contributed by atoms with Gasteiger partial charge in [0.2, 0.25) is 0 Å². The van der Waals surface area contributed by atoms with Crippen molar-refractivity contribution >= 4 is 27.3 Å². The SMILES string of the molecule is N#Cc1ccc(Nc2ccccc2C(F)(F)F)c(Br)c1. The van der Waals surface area contributed by atoms with Crippen molar-refractivity contribution in [3.05, 3.63) is 58.1 Å². The molecule has 2 nitrogen and oxygen atoms in total. The highest BCUT2D eigenvalue weighted by Gasteiger charge is 2.33. The molecule has 6 heteroatoms. The van der Waals surface area contributed by atoms with Crippen LogP contribution in [0.1, 0.15) is 11.1 Å². The second-order valence-electron chi connectivity index (χ2n) is 3.97. The molecule has 0 unspecified atom stereocenters. The van der Waals surface area contributed by atoms with Gasteiger partial charge in [-0.3, -0.25) is 0 Å². The quantitative estimate of drug-likeness (QED) is 0.827. The van der Waals surface area contributed by atoms with Crippen LogP contribution < -0.4 is 5.32 Å². The molecule has 2 aromatic rings. The van der Waals surface area contributed by atoms with Crippen LogP contribution in [0.2, 0.25) is 0 Å². The normalized spacial score (nSPS) is 10.9. The number of hydrogen-bond acceptors (Lipinski definition) is 2. The largest absolute Gasteiger partial charge is 0.418 e. The average Bonchev–Trinajstić information content (AvgIpc) is 2.40. The Bertz CT molecular complexity index is 675. The molecule has 2 rings (SSSR count). The zero-order chi connectivity index (χ0) is 14.8. The standard InChI is InChI=1S/C14H8BrF3N2/c15-11-7-9(8-19)5-6-13(11)20-12-4-2-1-3-10(12)14(16,17)18/h1-7,20H. The van der Waals surface area contributed by atoms with Gasteiger partial charge in [-0.05, 0) is 46.3 Å². The van der Waals surface area contributed by atoms with Gasteiger partial charge >= 0.3 is 6.18 Å². The molecule has 1 N–H and O–H groups in total. The van der Waals surface area contributed by atoms with Crippen molar-refractivity contribution < 1.29 is 13.2 Å². The number of rotatable bonds is 2. The number of para-hydroxylation sites is 1. The summed E-state index contributed by atoms with van der Waals surface area (Å²) in [5, 5.41) is 11.5. The lowest BCUT2D eigenvalue weighted by Gasteiger charge is -2.15. The Labute approximate surface area is 122 Å². The molecule has 0 radical (unpaired) electrons. The average molecular weight is 341 g/mol. The zero-order valence-electron chi connectivity index (χ0n) is 10.0. The molecule has 20 heavy (non-hydrogen) atoms. The summed E-state index contributed by atoms with van der Waals surface area (Å²) in [6, 6.07) is 11.8. The van der Waals surface area contributed by atoms with E-state index in [0.717, 1.165) is 6.07 Å². The molecule has 0 saturated heterocycles. The Hall–Kier alpha value is -2.00. The molecule has 0 aliphatic carbocycles. The lowest BCUT2D eigenvalue weighted by atomic mass is 10.1. The Morgan fingerprint density at radius 1 is 1.05 bits per heavy atom. The summed E-state index contributed by atoms with van der Waals surface area (Å²) in [6.45, 7) is 0. The summed E-state index contributed by atoms with van der Waals surface area (Å²) in [7, 11) is 0. The van der Waals surface area contributed by atoms with Gasteiger partial charge in [-0.15, -0.1) is 0 Å². The first-order valence-electron chi connectivity index (χ1n) is 5.54. The van der Waals surface area contributed by atoms with Crippen LogP contribution in [0.25, 0.3) is 0 Å². The summed E-state index contributed by atoms with van der Waals surface area (Å²) in [5.41, 5.74) is 0.105. The van der Waals surface area contributed by atoms with Crippen LogP contribution in [-0.2, 0) is 6.18 Å². The van der Waals surface area contributed by atoms with Crippen LogP contribution in [-0.4, -0.2) is 0 Å². The van der Waals surface area contributed by atoms with Crippen molar-refractivity contribution in [1.29, 1.82) is 5.26 Å². The third-order valence-electron chi connectivity index (χ3n) is 2.60. The van der Waals surface area contributed by atoms with E-state index >= 15 is 0 Å². The first-order chi connectivity index (χ1) is 9.41. The number of alkyl halides is 3. The highest BCUT2D eigenvalue weighted by Crippen LogP contribution is 2.37.